The van der Waals surface area contributed by atoms with Crippen molar-refractivity contribution >= 4 is 39.8 Å². The Morgan fingerprint density at radius 1 is 1.11 bits per heavy atom. The van der Waals surface area contributed by atoms with Gasteiger partial charge >= 0.3 is 0 Å². The number of aromatic nitrogens is 1. The van der Waals surface area contributed by atoms with Crippen molar-refractivity contribution in [3.8, 4) is 11.3 Å². The van der Waals surface area contributed by atoms with E-state index >= 15 is 0 Å². The summed E-state index contributed by atoms with van der Waals surface area (Å²) >= 11 is 5.71. The highest BCUT2D eigenvalue weighted by Gasteiger charge is 2.21. The number of nitrogens with two attached hydrogens (primary N) is 1. The van der Waals surface area contributed by atoms with Crippen LogP contribution in [0.2, 0.25) is 0 Å². The maximum atomic E-state index is 13.3. The van der Waals surface area contributed by atoms with Gasteiger partial charge in [-0.1, -0.05) is 42.5 Å². The highest BCUT2D eigenvalue weighted by molar-refractivity contribution is 6.27. The number of halogens is 1. The van der Waals surface area contributed by atoms with E-state index in [-0.39, 0.29) is 11.8 Å². The van der Waals surface area contributed by atoms with Crippen molar-refractivity contribution < 1.29 is 9.21 Å². The normalized spacial score (nSPS) is 12.5. The number of oxazole rings is 1. The minimum atomic E-state index is -0.422. The van der Waals surface area contributed by atoms with Crippen molar-refractivity contribution in [2.45, 2.75) is 18.9 Å². The van der Waals surface area contributed by atoms with Crippen molar-refractivity contribution in [3.05, 3.63) is 84.4 Å². The van der Waals surface area contributed by atoms with Crippen LogP contribution >= 0.6 is 11.6 Å². The number of alkyl halides is 1. The number of amides is 1. The number of carbonyl (C=O) groups excluding carboxylic acids is 1. The van der Waals surface area contributed by atoms with E-state index in [0.717, 1.165) is 22.0 Å². The molecule has 0 aliphatic heterocycles. The van der Waals surface area contributed by atoms with Crippen LogP contribution in [-0.4, -0.2) is 43.2 Å². The Morgan fingerprint density at radius 2 is 1.86 bits per heavy atom. The third kappa shape index (κ3) is 6.23. The van der Waals surface area contributed by atoms with Crippen LogP contribution in [0.5, 0.6) is 0 Å². The molecule has 36 heavy (non-hydrogen) atoms. The van der Waals surface area contributed by atoms with Crippen molar-refractivity contribution in [3.63, 3.8) is 0 Å². The lowest BCUT2D eigenvalue weighted by molar-refractivity contribution is 0.0927. The molecule has 0 saturated heterocycles. The minimum Gasteiger partial charge on any atom is -0.438 e. The van der Waals surface area contributed by atoms with Crippen LogP contribution in [0.25, 0.3) is 22.1 Å². The first-order valence-electron chi connectivity index (χ1n) is 11.8. The van der Waals surface area contributed by atoms with Crippen molar-refractivity contribution in [1.82, 2.24) is 10.3 Å². The molecular formula is C28H30ClN5O2. The van der Waals surface area contributed by atoms with E-state index in [1.54, 1.807) is 6.20 Å². The molecule has 0 fully saturated rings. The quantitative estimate of drug-likeness (QED) is 0.130. The molecule has 0 bridgehead atoms. The molecular weight excluding hydrogens is 474 g/mol. The molecule has 1 heterocycles. The summed E-state index contributed by atoms with van der Waals surface area (Å²) in [5.74, 6) is 1.50. The zero-order valence-corrected chi connectivity index (χ0v) is 21.2. The zero-order chi connectivity index (χ0) is 25.5. The van der Waals surface area contributed by atoms with Crippen LogP contribution in [0.3, 0.4) is 0 Å². The van der Waals surface area contributed by atoms with Gasteiger partial charge in [-0.3, -0.25) is 9.79 Å². The molecule has 0 spiro atoms. The number of hydrogen-bond acceptors (Lipinski definition) is 5. The van der Waals surface area contributed by atoms with Crippen LogP contribution in [0.15, 0.2) is 82.3 Å². The predicted octanol–water partition coefficient (Wildman–Crippen LogP) is 5.41. The summed E-state index contributed by atoms with van der Waals surface area (Å²) in [6, 6.07) is 21.2. The van der Waals surface area contributed by atoms with Gasteiger partial charge in [0.15, 0.2) is 5.76 Å². The Morgan fingerprint density at radius 3 is 2.61 bits per heavy atom. The lowest BCUT2D eigenvalue weighted by atomic mass is 10.0. The van der Waals surface area contributed by atoms with E-state index in [2.05, 4.69) is 26.3 Å². The van der Waals surface area contributed by atoms with Crippen LogP contribution in [-0.2, 0) is 0 Å². The maximum Gasteiger partial charge on any atom is 0.251 e. The molecule has 3 N–H and O–H groups in total. The van der Waals surface area contributed by atoms with Gasteiger partial charge in [-0.15, -0.1) is 11.6 Å². The van der Waals surface area contributed by atoms with Gasteiger partial charge in [-0.25, -0.2) is 4.98 Å². The molecule has 1 unspecified atom stereocenters. The molecule has 8 heteroatoms. The van der Waals surface area contributed by atoms with Crippen LogP contribution in [0.4, 0.5) is 5.69 Å². The highest BCUT2D eigenvalue weighted by Crippen LogP contribution is 2.26. The Balaban J connectivity index is 1.54. The average Bonchev–Trinajstić information content (AvgIpc) is 3.40. The Hall–Kier alpha value is -3.84. The van der Waals surface area contributed by atoms with Gasteiger partial charge in [-0.05, 0) is 47.9 Å². The number of amidine groups is 1. The molecule has 4 aromatic rings. The van der Waals surface area contributed by atoms with E-state index in [1.807, 2.05) is 74.8 Å². The first kappa shape index (κ1) is 25.3. The van der Waals surface area contributed by atoms with E-state index in [1.165, 1.54) is 0 Å². The summed E-state index contributed by atoms with van der Waals surface area (Å²) in [7, 11) is 4.01. The standard InChI is InChI=1S/C28H30ClN5O2/c1-34(2)23-13-12-20-15-22(11-10-21(20)16-23)27(35)33-24(9-6-14-31-26(30)17-29)28-32-18-25(36-28)19-7-4-3-5-8-19/h3-5,7-8,10-13,15-16,18,24H,6,9,14,17H2,1-2H3,(H2,30,31)(H,33,35). The molecule has 186 valence electrons. The van der Waals surface area contributed by atoms with E-state index in [0.29, 0.717) is 42.4 Å². The third-order valence-corrected chi connectivity index (χ3v) is 6.16. The molecule has 0 radical (unpaired) electrons. The summed E-state index contributed by atoms with van der Waals surface area (Å²) in [5.41, 5.74) is 8.32. The molecule has 1 amide bonds. The molecule has 0 aliphatic carbocycles. The number of rotatable bonds is 10. The number of anilines is 1. The van der Waals surface area contributed by atoms with Gasteiger partial charge in [-0.2, -0.15) is 0 Å². The highest BCUT2D eigenvalue weighted by atomic mass is 35.5. The molecule has 4 rings (SSSR count). The van der Waals surface area contributed by atoms with Crippen LogP contribution in [0, 0.1) is 0 Å². The number of carbonyl (C=O) groups is 1. The second-order valence-electron chi connectivity index (χ2n) is 8.74. The minimum absolute atomic E-state index is 0.193. The molecule has 1 atom stereocenters. The summed E-state index contributed by atoms with van der Waals surface area (Å²) < 4.78 is 6.06. The van der Waals surface area contributed by atoms with Gasteiger partial charge in [0, 0.05) is 37.5 Å². The number of fused-ring (bicyclic) bond motifs is 1. The van der Waals surface area contributed by atoms with Crippen molar-refractivity contribution in [2.24, 2.45) is 10.7 Å². The average molecular weight is 504 g/mol. The molecule has 0 aliphatic rings. The first-order valence-corrected chi connectivity index (χ1v) is 12.4. The van der Waals surface area contributed by atoms with Crippen LogP contribution in [0.1, 0.15) is 35.1 Å². The number of benzene rings is 3. The predicted molar refractivity (Wildman–Crippen MR) is 147 cm³/mol. The van der Waals surface area contributed by atoms with Crippen molar-refractivity contribution in [1.29, 1.82) is 0 Å². The summed E-state index contributed by atoms with van der Waals surface area (Å²) in [6.45, 7) is 0.501. The van der Waals surface area contributed by atoms with E-state index in [9.17, 15) is 4.79 Å². The first-order chi connectivity index (χ1) is 17.4. The van der Waals surface area contributed by atoms with Gasteiger partial charge in [0.25, 0.3) is 5.91 Å². The largest absolute Gasteiger partial charge is 0.438 e. The Labute approximate surface area is 216 Å². The second-order valence-corrected chi connectivity index (χ2v) is 9.01. The number of nitrogens with zero attached hydrogens (tertiary/aromatic N) is 3. The fourth-order valence-electron chi connectivity index (χ4n) is 3.90. The summed E-state index contributed by atoms with van der Waals surface area (Å²) in [6.07, 6.45) is 2.95. The Kier molecular flexibility index (Phi) is 8.23. The van der Waals surface area contributed by atoms with E-state index in [4.69, 9.17) is 21.8 Å². The monoisotopic (exact) mass is 503 g/mol. The molecule has 1 aromatic heterocycles. The number of nitrogens with one attached hydrogen (secondary N) is 1. The Bertz CT molecular complexity index is 1350. The van der Waals surface area contributed by atoms with Gasteiger partial charge in [0.05, 0.1) is 12.1 Å². The second kappa shape index (κ2) is 11.7. The molecule has 0 saturated carbocycles. The van der Waals surface area contributed by atoms with Gasteiger partial charge in [0.1, 0.15) is 11.9 Å². The van der Waals surface area contributed by atoms with E-state index < -0.39 is 6.04 Å². The molecule has 7 nitrogen and oxygen atoms in total. The SMILES string of the molecule is CN(C)c1ccc2cc(C(=O)NC(CCCN=C(N)CCl)c3ncc(-c4ccccc4)o3)ccc2c1. The molecule has 3 aromatic carbocycles. The number of hydrogen-bond donors (Lipinski definition) is 2. The zero-order valence-electron chi connectivity index (χ0n) is 20.4. The summed E-state index contributed by atoms with van der Waals surface area (Å²) in [4.78, 5) is 24.0. The number of aliphatic imine (C=N–C) groups is 1. The lowest BCUT2D eigenvalue weighted by Gasteiger charge is -2.16. The summed E-state index contributed by atoms with van der Waals surface area (Å²) in [5, 5.41) is 5.17. The topological polar surface area (TPSA) is 96.8 Å². The van der Waals surface area contributed by atoms with Gasteiger partial charge in [0.2, 0.25) is 5.89 Å². The van der Waals surface area contributed by atoms with Crippen LogP contribution < -0.4 is 16.0 Å². The maximum absolute atomic E-state index is 13.3. The third-order valence-electron chi connectivity index (χ3n) is 5.89. The smallest absolute Gasteiger partial charge is 0.251 e. The van der Waals surface area contributed by atoms with Crippen molar-refractivity contribution in [2.75, 3.05) is 31.4 Å². The lowest BCUT2D eigenvalue weighted by Crippen LogP contribution is -2.29. The van der Waals surface area contributed by atoms with Gasteiger partial charge < -0.3 is 20.4 Å². The fraction of sp³-hybridized carbons (Fsp3) is 0.250. The fourth-order valence-corrected chi connectivity index (χ4v) is 3.98.